The van der Waals surface area contributed by atoms with Gasteiger partial charge in [0.15, 0.2) is 5.78 Å². The molecule has 0 spiro atoms. The zero-order valence-corrected chi connectivity index (χ0v) is 14.1. The standard InChI is InChI=1S/C15H18N2O2.Tb/c1-10-12(13(18)15(2,3)4)14(19)17(16-10)11-8-6-5-7-9-11;/h5-9,16H,1-4H3;. The van der Waals surface area contributed by atoms with E-state index in [1.54, 1.807) is 6.92 Å². The third-order valence-corrected chi connectivity index (χ3v) is 2.99. The minimum absolute atomic E-state index is 0. The maximum atomic E-state index is 12.4. The van der Waals surface area contributed by atoms with Gasteiger partial charge in [-0.25, -0.2) is 4.68 Å². The molecule has 2 rings (SSSR count). The van der Waals surface area contributed by atoms with E-state index < -0.39 is 5.41 Å². The van der Waals surface area contributed by atoms with Crippen LogP contribution >= 0.6 is 0 Å². The van der Waals surface area contributed by atoms with Crippen LogP contribution in [-0.2, 0) is 0 Å². The van der Waals surface area contributed by atoms with Crippen LogP contribution in [0.15, 0.2) is 35.1 Å². The fourth-order valence-electron chi connectivity index (χ4n) is 1.95. The van der Waals surface area contributed by atoms with Crippen LogP contribution in [0.1, 0.15) is 36.8 Å². The summed E-state index contributed by atoms with van der Waals surface area (Å²) in [6, 6.07) is 9.23. The van der Waals surface area contributed by atoms with Gasteiger partial charge >= 0.3 is 0 Å². The first-order valence-electron chi connectivity index (χ1n) is 6.24. The van der Waals surface area contributed by atoms with Gasteiger partial charge < -0.3 is 0 Å². The molecule has 109 valence electrons. The second-order valence-electron chi connectivity index (χ2n) is 5.67. The van der Waals surface area contributed by atoms with E-state index in [1.807, 2.05) is 51.1 Å². The number of aromatic amines is 1. The van der Waals surface area contributed by atoms with E-state index in [1.165, 1.54) is 4.68 Å². The molecule has 4 nitrogen and oxygen atoms in total. The second-order valence-corrected chi connectivity index (χ2v) is 5.67. The van der Waals surface area contributed by atoms with Crippen molar-refractivity contribution in [3.05, 3.63) is 51.9 Å². The number of benzene rings is 1. The Hall–Kier alpha value is -0.814. The fourth-order valence-corrected chi connectivity index (χ4v) is 1.95. The first-order valence-corrected chi connectivity index (χ1v) is 6.24. The Morgan fingerprint density at radius 1 is 1.15 bits per heavy atom. The zero-order chi connectivity index (χ0) is 14.2. The number of aryl methyl sites for hydroxylation is 1. The van der Waals surface area contributed by atoms with Gasteiger partial charge in [-0.15, -0.1) is 0 Å². The maximum absolute atomic E-state index is 12.4. The Morgan fingerprint density at radius 2 is 1.70 bits per heavy atom. The normalized spacial score (nSPS) is 11.0. The van der Waals surface area contributed by atoms with Gasteiger partial charge in [0.05, 0.1) is 5.69 Å². The smallest absolute Gasteiger partial charge is 0.282 e. The van der Waals surface area contributed by atoms with Crippen LogP contribution in [0.2, 0.25) is 0 Å². The van der Waals surface area contributed by atoms with Gasteiger partial charge in [-0.1, -0.05) is 39.0 Å². The summed E-state index contributed by atoms with van der Waals surface area (Å²) in [4.78, 5) is 24.7. The van der Waals surface area contributed by atoms with Gasteiger partial charge in [0, 0.05) is 49.7 Å². The van der Waals surface area contributed by atoms with Crippen molar-refractivity contribution in [3.63, 3.8) is 0 Å². The predicted octanol–water partition coefficient (Wildman–Crippen LogP) is 2.70. The molecule has 0 bridgehead atoms. The number of hydrogen-bond donors (Lipinski definition) is 1. The molecule has 0 unspecified atom stereocenters. The summed E-state index contributed by atoms with van der Waals surface area (Å²) in [7, 11) is 0. The van der Waals surface area contributed by atoms with Crippen LogP contribution in [0.3, 0.4) is 0 Å². The van der Waals surface area contributed by atoms with Crippen LogP contribution in [0.4, 0.5) is 0 Å². The van der Waals surface area contributed by atoms with E-state index in [0.717, 1.165) is 5.69 Å². The van der Waals surface area contributed by atoms with E-state index in [4.69, 9.17) is 0 Å². The first kappa shape index (κ1) is 17.2. The second kappa shape index (κ2) is 6.31. The largest absolute Gasteiger partial charge is 0.295 e. The average Bonchev–Trinajstić information content (AvgIpc) is 2.64. The number of carbonyl (C=O) groups is 1. The molecule has 1 aromatic heterocycles. The van der Waals surface area contributed by atoms with Crippen LogP contribution in [0, 0.1) is 51.0 Å². The minimum Gasteiger partial charge on any atom is -0.295 e. The fraction of sp³-hybridized carbons (Fsp3) is 0.333. The quantitative estimate of drug-likeness (QED) is 0.765. The Balaban J connectivity index is 0.00000200. The van der Waals surface area contributed by atoms with Crippen molar-refractivity contribution in [2.75, 3.05) is 0 Å². The number of aromatic nitrogens is 2. The van der Waals surface area contributed by atoms with Gasteiger partial charge in [0.25, 0.3) is 5.56 Å². The zero-order valence-electron chi connectivity index (χ0n) is 12.0. The van der Waals surface area contributed by atoms with Crippen molar-refractivity contribution in [1.29, 1.82) is 0 Å². The van der Waals surface area contributed by atoms with Gasteiger partial charge in [-0.05, 0) is 19.1 Å². The number of Topliss-reactive ketones (excluding diaryl/α,β-unsaturated/α-hetero) is 1. The van der Waals surface area contributed by atoms with E-state index in [-0.39, 0.29) is 55.5 Å². The van der Waals surface area contributed by atoms with E-state index in [2.05, 4.69) is 5.10 Å². The van der Waals surface area contributed by atoms with Crippen LogP contribution in [0.25, 0.3) is 5.69 Å². The van der Waals surface area contributed by atoms with E-state index >= 15 is 0 Å². The third kappa shape index (κ3) is 3.26. The van der Waals surface area contributed by atoms with Crippen molar-refractivity contribution in [3.8, 4) is 5.69 Å². The van der Waals surface area contributed by atoms with Gasteiger partial charge in [0.1, 0.15) is 5.56 Å². The maximum Gasteiger partial charge on any atom is 0.282 e. The Labute approximate surface area is 149 Å². The van der Waals surface area contributed by atoms with Gasteiger partial charge in [-0.2, -0.15) is 0 Å². The molecule has 0 aliphatic heterocycles. The van der Waals surface area contributed by atoms with Crippen LogP contribution in [0.5, 0.6) is 0 Å². The molecule has 0 atom stereocenters. The first-order chi connectivity index (χ1) is 8.82. The molecule has 1 heterocycles. The van der Waals surface area contributed by atoms with Gasteiger partial charge in [0.2, 0.25) is 0 Å². The predicted molar refractivity (Wildman–Crippen MR) is 74.9 cm³/mol. The van der Waals surface area contributed by atoms with Crippen molar-refractivity contribution in [2.45, 2.75) is 27.7 Å². The summed E-state index contributed by atoms with van der Waals surface area (Å²) in [5.74, 6) is -0.138. The molecular weight excluding hydrogens is 399 g/mol. The van der Waals surface area contributed by atoms with Crippen LogP contribution < -0.4 is 5.56 Å². The number of nitrogens with zero attached hydrogens (tertiary/aromatic N) is 1. The SMILES string of the molecule is Cc1[nH]n(-c2ccccc2)c(=O)c1C(=O)C(C)(C)C.[Tb]. The molecule has 0 saturated carbocycles. The molecule has 2 aromatic rings. The third-order valence-electron chi connectivity index (χ3n) is 2.99. The van der Waals surface area contributed by atoms with Crippen molar-refractivity contribution >= 4 is 5.78 Å². The number of nitrogens with one attached hydrogen (secondary N) is 1. The molecule has 1 radical (unpaired) electrons. The number of para-hydroxylation sites is 1. The average molecular weight is 417 g/mol. The molecular formula is C15H18N2O2Tb. The number of carbonyl (C=O) groups excluding carboxylic acids is 1. The van der Waals surface area contributed by atoms with Crippen molar-refractivity contribution in [2.24, 2.45) is 5.41 Å². The summed E-state index contributed by atoms with van der Waals surface area (Å²) in [6.07, 6.45) is 0. The minimum atomic E-state index is -0.569. The summed E-state index contributed by atoms with van der Waals surface area (Å²) in [5, 5.41) is 2.97. The number of rotatable bonds is 2. The number of hydrogen-bond acceptors (Lipinski definition) is 2. The van der Waals surface area contributed by atoms with E-state index in [9.17, 15) is 9.59 Å². The molecule has 20 heavy (non-hydrogen) atoms. The van der Waals surface area contributed by atoms with Crippen LogP contribution in [-0.4, -0.2) is 15.6 Å². The molecule has 1 N–H and O–H groups in total. The summed E-state index contributed by atoms with van der Waals surface area (Å²) < 4.78 is 1.41. The Kier molecular flexibility index (Phi) is 5.43. The molecule has 0 aliphatic rings. The van der Waals surface area contributed by atoms with E-state index in [0.29, 0.717) is 5.69 Å². The molecule has 0 fully saturated rings. The Bertz CT molecular complexity index is 663. The topological polar surface area (TPSA) is 54.9 Å². The van der Waals surface area contributed by atoms with Crippen molar-refractivity contribution in [1.82, 2.24) is 9.78 Å². The summed E-state index contributed by atoms with van der Waals surface area (Å²) >= 11 is 0. The Morgan fingerprint density at radius 3 is 2.20 bits per heavy atom. The summed E-state index contributed by atoms with van der Waals surface area (Å²) in [6.45, 7) is 7.19. The molecule has 5 heteroatoms. The number of ketones is 1. The van der Waals surface area contributed by atoms with Crippen molar-refractivity contribution < 1.29 is 43.4 Å². The number of H-pyrrole nitrogens is 1. The molecule has 1 aromatic carbocycles. The molecule has 0 saturated heterocycles. The summed E-state index contributed by atoms with van der Waals surface area (Å²) in [5.41, 5.74) is 0.720. The molecule has 0 aliphatic carbocycles. The van der Waals surface area contributed by atoms with Gasteiger partial charge in [-0.3, -0.25) is 14.7 Å². The monoisotopic (exact) mass is 417 g/mol. The molecule has 0 amide bonds.